The van der Waals surface area contributed by atoms with Gasteiger partial charge in [0.1, 0.15) is 5.92 Å². The Morgan fingerprint density at radius 1 is 1.32 bits per heavy atom. The zero-order chi connectivity index (χ0) is 15.9. The van der Waals surface area contributed by atoms with Crippen molar-refractivity contribution < 1.29 is 14.7 Å². The van der Waals surface area contributed by atoms with Crippen LogP contribution >= 0.6 is 27.3 Å². The number of carbonyl (C=O) groups is 2. The van der Waals surface area contributed by atoms with Crippen LogP contribution in [-0.2, 0) is 9.59 Å². The molecule has 114 valence electrons. The molecule has 0 spiro atoms. The summed E-state index contributed by atoms with van der Waals surface area (Å²) in [5, 5.41) is 9.38. The van der Waals surface area contributed by atoms with E-state index in [2.05, 4.69) is 15.9 Å². The Morgan fingerprint density at radius 2 is 2.05 bits per heavy atom. The molecular formula is C16H14BrNO3S. The second kappa shape index (κ2) is 5.85. The standard InChI is InChI=1S/C16H14BrNO3S/c1-9(13-6-7-14(17)22-13)15(19)18-8-11(16(20)21)10-4-2-3-5-12(10)18/h2-7,9,11H,8H2,1H3,(H,20,21). The molecule has 1 aromatic carbocycles. The highest BCUT2D eigenvalue weighted by Gasteiger charge is 2.38. The lowest BCUT2D eigenvalue weighted by Gasteiger charge is -2.21. The lowest BCUT2D eigenvalue weighted by atomic mass is 10.0. The number of nitrogens with zero attached hydrogens (tertiary/aromatic N) is 1. The largest absolute Gasteiger partial charge is 0.481 e. The minimum absolute atomic E-state index is 0.0643. The van der Waals surface area contributed by atoms with E-state index in [1.807, 2.05) is 37.3 Å². The van der Waals surface area contributed by atoms with Gasteiger partial charge in [-0.05, 0) is 46.6 Å². The third-order valence-electron chi connectivity index (χ3n) is 3.92. The van der Waals surface area contributed by atoms with Crippen molar-refractivity contribution >= 4 is 44.8 Å². The fraction of sp³-hybridized carbons (Fsp3) is 0.250. The fourth-order valence-corrected chi connectivity index (χ4v) is 4.21. The van der Waals surface area contributed by atoms with Crippen molar-refractivity contribution in [3.63, 3.8) is 0 Å². The molecule has 1 aromatic heterocycles. The molecule has 1 aliphatic heterocycles. The normalized spacial score (nSPS) is 18.1. The van der Waals surface area contributed by atoms with Crippen LogP contribution < -0.4 is 4.90 Å². The minimum Gasteiger partial charge on any atom is -0.481 e. The fourth-order valence-electron chi connectivity index (χ4n) is 2.74. The number of hydrogen-bond donors (Lipinski definition) is 1. The van der Waals surface area contributed by atoms with Gasteiger partial charge >= 0.3 is 5.97 Å². The summed E-state index contributed by atoms with van der Waals surface area (Å²) in [5.41, 5.74) is 1.42. The summed E-state index contributed by atoms with van der Waals surface area (Å²) < 4.78 is 0.979. The van der Waals surface area contributed by atoms with E-state index < -0.39 is 11.9 Å². The Labute approximate surface area is 140 Å². The lowest BCUT2D eigenvalue weighted by Crippen LogP contribution is -2.34. The maximum Gasteiger partial charge on any atom is 0.312 e. The number of thiophene rings is 1. The smallest absolute Gasteiger partial charge is 0.312 e. The second-order valence-electron chi connectivity index (χ2n) is 5.26. The Hall–Kier alpha value is -1.66. The molecule has 0 radical (unpaired) electrons. The van der Waals surface area contributed by atoms with Gasteiger partial charge in [0.05, 0.1) is 9.70 Å². The molecule has 4 nitrogen and oxygen atoms in total. The van der Waals surface area contributed by atoms with Gasteiger partial charge in [-0.25, -0.2) is 0 Å². The van der Waals surface area contributed by atoms with Crippen LogP contribution in [0.25, 0.3) is 0 Å². The van der Waals surface area contributed by atoms with E-state index in [9.17, 15) is 14.7 Å². The number of carbonyl (C=O) groups excluding carboxylic acids is 1. The number of anilines is 1. The third kappa shape index (κ3) is 2.57. The van der Waals surface area contributed by atoms with Crippen molar-refractivity contribution in [2.75, 3.05) is 11.4 Å². The number of halogens is 1. The molecule has 1 amide bonds. The van der Waals surface area contributed by atoms with Gasteiger partial charge in [0.25, 0.3) is 0 Å². The molecule has 1 aliphatic rings. The average Bonchev–Trinajstić information content (AvgIpc) is 3.09. The molecule has 2 atom stereocenters. The molecule has 2 unspecified atom stereocenters. The van der Waals surface area contributed by atoms with E-state index in [1.54, 1.807) is 11.0 Å². The third-order valence-corrected chi connectivity index (χ3v) is 5.73. The topological polar surface area (TPSA) is 57.6 Å². The molecule has 2 aromatic rings. The SMILES string of the molecule is CC(C(=O)N1CC(C(=O)O)c2ccccc21)c1ccc(Br)s1. The summed E-state index contributed by atoms with van der Waals surface area (Å²) in [7, 11) is 0. The van der Waals surface area contributed by atoms with Crippen molar-refractivity contribution in [3.8, 4) is 0 Å². The summed E-state index contributed by atoms with van der Waals surface area (Å²) in [6.07, 6.45) is 0. The Morgan fingerprint density at radius 3 is 2.68 bits per heavy atom. The van der Waals surface area contributed by atoms with E-state index in [1.165, 1.54) is 11.3 Å². The number of hydrogen-bond acceptors (Lipinski definition) is 3. The van der Waals surface area contributed by atoms with Crippen LogP contribution in [0.1, 0.15) is 29.2 Å². The first kappa shape index (κ1) is 15.2. The first-order chi connectivity index (χ1) is 10.5. The van der Waals surface area contributed by atoms with Gasteiger partial charge in [0, 0.05) is 17.1 Å². The Bertz CT molecular complexity index is 742. The van der Waals surface area contributed by atoms with Gasteiger partial charge in [-0.1, -0.05) is 18.2 Å². The zero-order valence-corrected chi connectivity index (χ0v) is 14.2. The Balaban J connectivity index is 1.92. The van der Waals surface area contributed by atoms with Gasteiger partial charge < -0.3 is 10.0 Å². The number of carboxylic acid groups (broad SMARTS) is 1. The maximum absolute atomic E-state index is 12.8. The zero-order valence-electron chi connectivity index (χ0n) is 11.8. The summed E-state index contributed by atoms with van der Waals surface area (Å²) in [6.45, 7) is 2.06. The quantitative estimate of drug-likeness (QED) is 0.881. The molecule has 3 rings (SSSR count). The minimum atomic E-state index is -0.894. The van der Waals surface area contributed by atoms with Crippen molar-refractivity contribution in [3.05, 3.63) is 50.6 Å². The molecule has 6 heteroatoms. The van der Waals surface area contributed by atoms with Crippen LogP contribution in [0.2, 0.25) is 0 Å². The summed E-state index contributed by atoms with van der Waals surface area (Å²) >= 11 is 4.93. The second-order valence-corrected chi connectivity index (χ2v) is 7.76. The van der Waals surface area contributed by atoms with Gasteiger partial charge in [-0.3, -0.25) is 9.59 Å². The lowest BCUT2D eigenvalue weighted by molar-refractivity contribution is -0.138. The highest BCUT2D eigenvalue weighted by Crippen LogP contribution is 2.39. The monoisotopic (exact) mass is 379 g/mol. The highest BCUT2D eigenvalue weighted by molar-refractivity contribution is 9.11. The molecule has 22 heavy (non-hydrogen) atoms. The number of fused-ring (bicyclic) bond motifs is 1. The van der Waals surface area contributed by atoms with E-state index in [4.69, 9.17) is 0 Å². The van der Waals surface area contributed by atoms with Gasteiger partial charge in [-0.2, -0.15) is 0 Å². The van der Waals surface area contributed by atoms with Gasteiger partial charge in [-0.15, -0.1) is 11.3 Å². The molecule has 0 saturated carbocycles. The number of para-hydroxylation sites is 1. The first-order valence-electron chi connectivity index (χ1n) is 6.87. The van der Waals surface area contributed by atoms with E-state index in [0.717, 1.165) is 8.66 Å². The van der Waals surface area contributed by atoms with Crippen LogP contribution in [0.4, 0.5) is 5.69 Å². The molecule has 0 aliphatic carbocycles. The van der Waals surface area contributed by atoms with Crippen LogP contribution in [0.15, 0.2) is 40.2 Å². The summed E-state index contributed by atoms with van der Waals surface area (Å²) in [4.78, 5) is 26.8. The summed E-state index contributed by atoms with van der Waals surface area (Å²) in [5.74, 6) is -1.90. The van der Waals surface area contributed by atoms with Crippen LogP contribution in [-0.4, -0.2) is 23.5 Å². The number of benzene rings is 1. The van der Waals surface area contributed by atoms with Gasteiger partial charge in [0.15, 0.2) is 0 Å². The summed E-state index contributed by atoms with van der Waals surface area (Å²) in [6, 6.07) is 11.1. The molecule has 2 heterocycles. The molecule has 1 N–H and O–H groups in total. The predicted octanol–water partition coefficient (Wildman–Crippen LogP) is 3.83. The highest BCUT2D eigenvalue weighted by atomic mass is 79.9. The van der Waals surface area contributed by atoms with Gasteiger partial charge in [0.2, 0.25) is 5.91 Å². The van der Waals surface area contributed by atoms with E-state index in [0.29, 0.717) is 11.3 Å². The van der Waals surface area contributed by atoms with Crippen LogP contribution in [0.5, 0.6) is 0 Å². The molecular weight excluding hydrogens is 366 g/mol. The average molecular weight is 380 g/mol. The molecule has 0 fully saturated rings. The number of carboxylic acids is 1. The maximum atomic E-state index is 12.8. The number of amides is 1. The number of aliphatic carboxylic acids is 1. The predicted molar refractivity (Wildman–Crippen MR) is 89.6 cm³/mol. The van der Waals surface area contributed by atoms with Crippen molar-refractivity contribution in [1.82, 2.24) is 0 Å². The first-order valence-corrected chi connectivity index (χ1v) is 8.48. The van der Waals surface area contributed by atoms with Crippen molar-refractivity contribution in [1.29, 1.82) is 0 Å². The Kier molecular flexibility index (Phi) is 4.06. The van der Waals surface area contributed by atoms with E-state index >= 15 is 0 Å². The van der Waals surface area contributed by atoms with Crippen LogP contribution in [0, 0.1) is 0 Å². The number of rotatable bonds is 3. The van der Waals surface area contributed by atoms with Crippen molar-refractivity contribution in [2.24, 2.45) is 0 Å². The molecule has 0 bridgehead atoms. The molecule has 0 saturated heterocycles. The van der Waals surface area contributed by atoms with Crippen LogP contribution in [0.3, 0.4) is 0 Å². The van der Waals surface area contributed by atoms with Crippen molar-refractivity contribution in [2.45, 2.75) is 18.8 Å². The van der Waals surface area contributed by atoms with E-state index in [-0.39, 0.29) is 18.4 Å².